The van der Waals surface area contributed by atoms with Gasteiger partial charge in [-0.1, -0.05) is 18.2 Å². The molecule has 5 aromatic rings. The summed E-state index contributed by atoms with van der Waals surface area (Å²) in [5, 5.41) is 13.9. The zero-order chi connectivity index (χ0) is 17.3. The van der Waals surface area contributed by atoms with Crippen molar-refractivity contribution in [1.29, 1.82) is 0 Å². The van der Waals surface area contributed by atoms with Crippen molar-refractivity contribution in [3.8, 4) is 0 Å². The van der Waals surface area contributed by atoms with Crippen LogP contribution in [0.4, 0.5) is 0 Å². The molecule has 0 aromatic heterocycles. The molecule has 0 radical (unpaired) electrons. The third-order valence-electron chi connectivity index (χ3n) is 6.71. The van der Waals surface area contributed by atoms with Crippen LogP contribution in [0.2, 0.25) is 0 Å². The third kappa shape index (κ3) is 1.26. The van der Waals surface area contributed by atoms with Crippen LogP contribution in [0.25, 0.3) is 53.9 Å². The summed E-state index contributed by atoms with van der Waals surface area (Å²) < 4.78 is 0. The Hall–Kier alpha value is -3.51. The van der Waals surface area contributed by atoms with E-state index in [1.165, 1.54) is 76.5 Å². The van der Waals surface area contributed by atoms with Crippen molar-refractivity contribution in [2.24, 2.45) is 0 Å². The van der Waals surface area contributed by atoms with E-state index >= 15 is 0 Å². The Morgan fingerprint density at radius 1 is 0.407 bits per heavy atom. The van der Waals surface area contributed by atoms with Crippen molar-refractivity contribution < 1.29 is 0 Å². The lowest BCUT2D eigenvalue weighted by Crippen LogP contribution is -2.13. The van der Waals surface area contributed by atoms with Gasteiger partial charge in [-0.3, -0.25) is 0 Å². The van der Waals surface area contributed by atoms with Crippen LogP contribution in [-0.4, -0.2) is 0 Å². The van der Waals surface area contributed by atoms with E-state index in [9.17, 15) is 0 Å². The van der Waals surface area contributed by atoms with Crippen LogP contribution in [0.1, 0.15) is 16.7 Å². The average Bonchev–Trinajstić information content (AvgIpc) is 2.72. The summed E-state index contributed by atoms with van der Waals surface area (Å²) in [6.45, 7) is 0. The van der Waals surface area contributed by atoms with Crippen molar-refractivity contribution in [3.05, 3.63) is 101 Å². The summed E-state index contributed by atoms with van der Waals surface area (Å²) in [5.41, 5.74) is 4.23. The highest BCUT2D eigenvalue weighted by Gasteiger charge is 2.37. The van der Waals surface area contributed by atoms with Crippen LogP contribution in [0.15, 0.2) is 78.9 Å². The Labute approximate surface area is 155 Å². The summed E-state index contributed by atoms with van der Waals surface area (Å²) in [6, 6.07) is 29.8. The minimum Gasteiger partial charge on any atom is -0.0610 e. The Kier molecular flexibility index (Phi) is 1.85. The second-order valence-electron chi connectivity index (χ2n) is 7.96. The molecule has 3 aliphatic rings. The number of hydrogen-bond donors (Lipinski definition) is 0. The second kappa shape index (κ2) is 3.92. The molecule has 0 aliphatic heterocycles. The standard InChI is InChI=1S/C27H13/c1-2-17-12-19-10-8-15-6-4-14-5-7-16-9-11-20-13-18(3-1)21(17)27-25(19)23(15)22(14)24(16)26(20)27/h1-13H/q+1. The summed E-state index contributed by atoms with van der Waals surface area (Å²) in [5.74, 6) is 1.44. The molecule has 0 saturated heterocycles. The summed E-state index contributed by atoms with van der Waals surface area (Å²) >= 11 is 0. The van der Waals surface area contributed by atoms with Gasteiger partial charge in [0.05, 0.1) is 22.6 Å². The van der Waals surface area contributed by atoms with E-state index in [1.807, 2.05) is 0 Å². The van der Waals surface area contributed by atoms with E-state index in [0.29, 0.717) is 0 Å². The molecule has 0 spiro atoms. The summed E-state index contributed by atoms with van der Waals surface area (Å²) in [4.78, 5) is 0. The average molecular weight is 337 g/mol. The van der Waals surface area contributed by atoms with Crippen LogP contribution in [0.3, 0.4) is 0 Å². The maximum Gasteiger partial charge on any atom is 0.0707 e. The van der Waals surface area contributed by atoms with Gasteiger partial charge in [0.2, 0.25) is 0 Å². The first-order chi connectivity index (χ1) is 13.4. The molecule has 0 fully saturated rings. The summed E-state index contributed by atoms with van der Waals surface area (Å²) in [6.07, 6.45) is 0. The van der Waals surface area contributed by atoms with Gasteiger partial charge in [-0.2, -0.15) is 0 Å². The maximum atomic E-state index is 2.38. The topological polar surface area (TPSA) is 0 Å². The lowest BCUT2D eigenvalue weighted by atomic mass is 9.70. The molecule has 3 aliphatic carbocycles. The van der Waals surface area contributed by atoms with Crippen molar-refractivity contribution in [1.82, 2.24) is 0 Å². The molecule has 0 heterocycles. The van der Waals surface area contributed by atoms with E-state index in [1.54, 1.807) is 0 Å². The minimum atomic E-state index is 1.35. The highest BCUT2D eigenvalue weighted by Crippen LogP contribution is 2.53. The first kappa shape index (κ1) is 12.8. The van der Waals surface area contributed by atoms with Crippen molar-refractivity contribution >= 4 is 53.9 Å². The van der Waals surface area contributed by atoms with E-state index in [4.69, 9.17) is 0 Å². The zero-order valence-corrected chi connectivity index (χ0v) is 14.5. The highest BCUT2D eigenvalue weighted by molar-refractivity contribution is 6.35. The number of benzene rings is 5. The minimum absolute atomic E-state index is 1.35. The van der Waals surface area contributed by atoms with Crippen LogP contribution >= 0.6 is 0 Å². The Morgan fingerprint density at radius 2 is 0.889 bits per heavy atom. The molecular formula is C27H13+. The molecule has 0 atom stereocenters. The fourth-order valence-corrected chi connectivity index (χ4v) is 5.69. The largest absolute Gasteiger partial charge is 0.0707 e. The maximum absolute atomic E-state index is 2.38. The van der Waals surface area contributed by atoms with Gasteiger partial charge in [0, 0.05) is 43.1 Å². The van der Waals surface area contributed by atoms with Gasteiger partial charge in [-0.15, -0.1) is 0 Å². The SMILES string of the molecule is c1cc2cc3ccc4ccc5ccc6ccc7cc(c1)c2c1c3c4[C+]5c6c71. The first-order valence-corrected chi connectivity index (χ1v) is 9.54. The molecule has 0 saturated carbocycles. The van der Waals surface area contributed by atoms with Gasteiger partial charge in [-0.05, 0) is 71.4 Å². The first-order valence-electron chi connectivity index (χ1n) is 9.54. The second-order valence-corrected chi connectivity index (χ2v) is 7.96. The van der Waals surface area contributed by atoms with E-state index in [2.05, 4.69) is 78.9 Å². The molecular weight excluding hydrogens is 324 g/mol. The van der Waals surface area contributed by atoms with Gasteiger partial charge in [0.1, 0.15) is 0 Å². The molecule has 27 heavy (non-hydrogen) atoms. The molecule has 0 bridgehead atoms. The normalized spacial score (nSPS) is 13.9. The predicted molar refractivity (Wildman–Crippen MR) is 115 cm³/mol. The molecule has 0 N–H and O–H groups in total. The molecule has 120 valence electrons. The van der Waals surface area contributed by atoms with Crippen molar-refractivity contribution in [2.75, 3.05) is 0 Å². The molecule has 8 rings (SSSR count). The Bertz CT molecular complexity index is 1550. The van der Waals surface area contributed by atoms with Crippen LogP contribution in [-0.2, 0) is 0 Å². The highest BCUT2D eigenvalue weighted by atomic mass is 14.3. The fourth-order valence-electron chi connectivity index (χ4n) is 5.69. The van der Waals surface area contributed by atoms with E-state index < -0.39 is 0 Å². The molecule has 0 heteroatoms. The fraction of sp³-hybridized carbons (Fsp3) is 0. The van der Waals surface area contributed by atoms with Gasteiger partial charge in [0.15, 0.2) is 0 Å². The molecule has 0 nitrogen and oxygen atoms in total. The van der Waals surface area contributed by atoms with Crippen molar-refractivity contribution in [2.45, 2.75) is 0 Å². The van der Waals surface area contributed by atoms with E-state index in [-0.39, 0.29) is 0 Å². The predicted octanol–water partition coefficient (Wildman–Crippen LogP) is 7.10. The van der Waals surface area contributed by atoms with Gasteiger partial charge in [0.25, 0.3) is 0 Å². The van der Waals surface area contributed by atoms with Gasteiger partial charge in [-0.25, -0.2) is 0 Å². The molecule has 0 unspecified atom stereocenters. The Balaban J connectivity index is 1.91. The van der Waals surface area contributed by atoms with Crippen LogP contribution < -0.4 is 0 Å². The molecule has 0 amide bonds. The lowest BCUT2D eigenvalue weighted by molar-refractivity contribution is 1.26. The third-order valence-corrected chi connectivity index (χ3v) is 6.71. The quantitative estimate of drug-likeness (QED) is 0.157. The lowest BCUT2D eigenvalue weighted by Gasteiger charge is -2.27. The monoisotopic (exact) mass is 337 g/mol. The van der Waals surface area contributed by atoms with Crippen molar-refractivity contribution in [3.63, 3.8) is 0 Å². The van der Waals surface area contributed by atoms with Gasteiger partial charge < -0.3 is 0 Å². The van der Waals surface area contributed by atoms with E-state index in [0.717, 1.165) is 0 Å². The van der Waals surface area contributed by atoms with Crippen LogP contribution in [0, 0.1) is 5.92 Å². The zero-order valence-electron chi connectivity index (χ0n) is 14.5. The Morgan fingerprint density at radius 3 is 1.48 bits per heavy atom. The number of hydrogen-bond acceptors (Lipinski definition) is 0. The van der Waals surface area contributed by atoms with Gasteiger partial charge >= 0.3 is 0 Å². The smallest absolute Gasteiger partial charge is 0.0610 e. The summed E-state index contributed by atoms with van der Waals surface area (Å²) in [7, 11) is 0. The van der Waals surface area contributed by atoms with Crippen LogP contribution in [0.5, 0.6) is 0 Å². The number of rotatable bonds is 0. The molecule has 5 aromatic carbocycles.